The molecule has 194 valence electrons. The first-order valence-electron chi connectivity index (χ1n) is 11.5. The van der Waals surface area contributed by atoms with Crippen molar-refractivity contribution in [2.75, 3.05) is 18.4 Å². The van der Waals surface area contributed by atoms with Crippen LogP contribution in [0.5, 0.6) is 0 Å². The first-order valence-corrected chi connectivity index (χ1v) is 13.8. The molecule has 4 rings (SSSR count). The van der Waals surface area contributed by atoms with Crippen LogP contribution in [-0.2, 0) is 24.3 Å². The minimum absolute atomic E-state index is 0.00956. The van der Waals surface area contributed by atoms with Crippen molar-refractivity contribution in [3.8, 4) is 0 Å². The highest BCUT2D eigenvalue weighted by molar-refractivity contribution is 7.91. The van der Waals surface area contributed by atoms with Crippen molar-refractivity contribution in [3.63, 3.8) is 0 Å². The Morgan fingerprint density at radius 1 is 1.11 bits per heavy atom. The topological polar surface area (TPSA) is 136 Å². The SMILES string of the molecule is Cc1ccc(NC(=O)[C@H](OC(=O)C2CCN(S(=O)(=O)c3cccs3)CC2)c2ccccc2)c([N+](=O)[O-])c1. The quantitative estimate of drug-likeness (QED) is 0.254. The second-order valence-corrected chi connectivity index (χ2v) is 11.7. The zero-order valence-corrected chi connectivity index (χ0v) is 21.5. The van der Waals surface area contributed by atoms with Crippen LogP contribution in [0.4, 0.5) is 11.4 Å². The molecule has 0 unspecified atom stereocenters. The number of rotatable bonds is 8. The summed E-state index contributed by atoms with van der Waals surface area (Å²) < 4.78 is 32.8. The number of carbonyl (C=O) groups excluding carboxylic acids is 2. The van der Waals surface area contributed by atoms with E-state index >= 15 is 0 Å². The van der Waals surface area contributed by atoms with Gasteiger partial charge >= 0.3 is 5.97 Å². The number of carbonyl (C=O) groups is 2. The van der Waals surface area contributed by atoms with Gasteiger partial charge in [0.25, 0.3) is 21.6 Å². The summed E-state index contributed by atoms with van der Waals surface area (Å²) in [6.45, 7) is 2.00. The van der Waals surface area contributed by atoms with Gasteiger partial charge in [0.15, 0.2) is 0 Å². The van der Waals surface area contributed by atoms with E-state index in [1.807, 2.05) is 0 Å². The molecule has 37 heavy (non-hydrogen) atoms. The van der Waals surface area contributed by atoms with Gasteiger partial charge in [0, 0.05) is 24.7 Å². The molecule has 1 N–H and O–H groups in total. The van der Waals surface area contributed by atoms with E-state index in [1.54, 1.807) is 60.8 Å². The summed E-state index contributed by atoms with van der Waals surface area (Å²) in [4.78, 5) is 37.2. The summed E-state index contributed by atoms with van der Waals surface area (Å²) >= 11 is 1.14. The molecular weight excluding hydrogens is 518 g/mol. The fraction of sp³-hybridized carbons (Fsp3) is 0.280. The fourth-order valence-corrected chi connectivity index (χ4v) is 6.69. The van der Waals surface area contributed by atoms with Crippen molar-refractivity contribution < 1.29 is 27.7 Å². The van der Waals surface area contributed by atoms with Gasteiger partial charge in [0.05, 0.1) is 10.8 Å². The molecule has 1 atom stereocenters. The molecule has 2 aromatic carbocycles. The van der Waals surface area contributed by atoms with E-state index in [1.165, 1.54) is 16.4 Å². The van der Waals surface area contributed by atoms with Crippen molar-refractivity contribution in [2.24, 2.45) is 5.92 Å². The largest absolute Gasteiger partial charge is 0.447 e. The Bertz CT molecular complexity index is 1380. The van der Waals surface area contributed by atoms with E-state index in [2.05, 4.69) is 5.32 Å². The lowest BCUT2D eigenvalue weighted by atomic mass is 9.98. The first-order chi connectivity index (χ1) is 17.7. The molecule has 12 heteroatoms. The molecule has 1 amide bonds. The molecule has 2 heterocycles. The number of piperidine rings is 1. The number of esters is 1. The highest BCUT2D eigenvalue weighted by Gasteiger charge is 2.35. The molecule has 3 aromatic rings. The first kappa shape index (κ1) is 26.5. The zero-order chi connectivity index (χ0) is 26.6. The summed E-state index contributed by atoms with van der Waals surface area (Å²) in [5, 5.41) is 15.7. The second-order valence-electron chi connectivity index (χ2n) is 8.61. The van der Waals surface area contributed by atoms with Gasteiger partial charge in [-0.05, 0) is 42.8 Å². The van der Waals surface area contributed by atoms with E-state index in [-0.39, 0.29) is 41.5 Å². The molecule has 0 bridgehead atoms. The van der Waals surface area contributed by atoms with Crippen molar-refractivity contribution in [1.82, 2.24) is 4.31 Å². The molecule has 1 aliphatic heterocycles. The number of hydrogen-bond donors (Lipinski definition) is 1. The number of thiophene rings is 1. The predicted molar refractivity (Wildman–Crippen MR) is 138 cm³/mol. The fourth-order valence-electron chi connectivity index (χ4n) is 4.08. The minimum Gasteiger partial charge on any atom is -0.447 e. The van der Waals surface area contributed by atoms with Crippen LogP contribution in [0.25, 0.3) is 0 Å². The average molecular weight is 544 g/mol. The van der Waals surface area contributed by atoms with Gasteiger partial charge in [-0.25, -0.2) is 8.42 Å². The molecule has 1 fully saturated rings. The van der Waals surface area contributed by atoms with Gasteiger partial charge in [-0.2, -0.15) is 4.31 Å². The number of benzene rings is 2. The Kier molecular flexibility index (Phi) is 8.00. The van der Waals surface area contributed by atoms with E-state index in [9.17, 15) is 28.1 Å². The standard InChI is InChI=1S/C25H25N3O7S2/c1-17-9-10-20(21(16-17)28(31)32)26-24(29)23(18-6-3-2-4-7-18)35-25(30)19-11-13-27(14-12-19)37(33,34)22-8-5-15-36-22/h2-10,15-16,19,23H,11-14H2,1H3,(H,26,29)/t23-/m1/s1. The van der Waals surface area contributed by atoms with Gasteiger partial charge in [-0.15, -0.1) is 11.3 Å². The predicted octanol–water partition coefficient (Wildman–Crippen LogP) is 4.29. The van der Waals surface area contributed by atoms with Crippen molar-refractivity contribution in [2.45, 2.75) is 30.1 Å². The van der Waals surface area contributed by atoms with Crippen LogP contribution in [-0.4, -0.2) is 42.6 Å². The Labute approximate surface area is 218 Å². The number of sulfonamides is 1. The van der Waals surface area contributed by atoms with Crippen LogP contribution in [0.2, 0.25) is 0 Å². The number of aryl methyl sites for hydroxylation is 1. The number of nitro groups is 1. The third-order valence-corrected chi connectivity index (χ3v) is 9.33. The van der Waals surface area contributed by atoms with Crippen LogP contribution >= 0.6 is 11.3 Å². The number of nitro benzene ring substituents is 1. The molecule has 0 radical (unpaired) electrons. The Morgan fingerprint density at radius 2 is 1.81 bits per heavy atom. The number of nitrogens with zero attached hydrogens (tertiary/aromatic N) is 2. The van der Waals surface area contributed by atoms with Crippen LogP contribution in [0, 0.1) is 23.0 Å². The summed E-state index contributed by atoms with van der Waals surface area (Å²) in [5.41, 5.74) is 0.777. The smallest absolute Gasteiger partial charge is 0.310 e. The molecule has 0 saturated carbocycles. The van der Waals surface area contributed by atoms with Crippen molar-refractivity contribution in [3.05, 3.63) is 87.3 Å². The lowest BCUT2D eigenvalue weighted by Crippen LogP contribution is -2.41. The third-order valence-electron chi connectivity index (χ3n) is 6.06. The second kappa shape index (κ2) is 11.2. The number of ether oxygens (including phenoxy) is 1. The maximum Gasteiger partial charge on any atom is 0.310 e. The average Bonchev–Trinajstić information content (AvgIpc) is 3.45. The zero-order valence-electron chi connectivity index (χ0n) is 19.9. The van der Waals surface area contributed by atoms with Crippen molar-refractivity contribution >= 4 is 44.6 Å². The number of hydrogen-bond acceptors (Lipinski definition) is 8. The van der Waals surface area contributed by atoms with E-state index < -0.39 is 38.8 Å². The summed E-state index contributed by atoms with van der Waals surface area (Å²) in [6.07, 6.45) is -0.853. The van der Waals surface area contributed by atoms with E-state index in [0.29, 0.717) is 11.1 Å². The van der Waals surface area contributed by atoms with E-state index in [4.69, 9.17) is 4.74 Å². The van der Waals surface area contributed by atoms with Crippen LogP contribution in [0.3, 0.4) is 0 Å². The molecule has 1 aliphatic rings. The Hall–Kier alpha value is -3.61. The van der Waals surface area contributed by atoms with Crippen LogP contribution in [0.1, 0.15) is 30.1 Å². The van der Waals surface area contributed by atoms with Crippen LogP contribution in [0.15, 0.2) is 70.3 Å². The molecule has 0 spiro atoms. The number of nitrogens with one attached hydrogen (secondary N) is 1. The minimum atomic E-state index is -3.62. The molecular formula is C25H25N3O7S2. The highest BCUT2D eigenvalue weighted by Crippen LogP contribution is 2.30. The molecule has 0 aliphatic carbocycles. The number of amides is 1. The highest BCUT2D eigenvalue weighted by atomic mass is 32.2. The van der Waals surface area contributed by atoms with Gasteiger partial charge < -0.3 is 10.1 Å². The van der Waals surface area contributed by atoms with Crippen molar-refractivity contribution in [1.29, 1.82) is 0 Å². The molecule has 10 nitrogen and oxygen atoms in total. The lowest BCUT2D eigenvalue weighted by molar-refractivity contribution is -0.384. The van der Waals surface area contributed by atoms with Gasteiger partial charge in [-0.3, -0.25) is 19.7 Å². The van der Waals surface area contributed by atoms with Gasteiger partial charge in [0.2, 0.25) is 6.10 Å². The Morgan fingerprint density at radius 3 is 2.43 bits per heavy atom. The maximum atomic E-state index is 13.2. The summed E-state index contributed by atoms with van der Waals surface area (Å²) in [7, 11) is -3.62. The molecule has 1 saturated heterocycles. The summed E-state index contributed by atoms with van der Waals surface area (Å²) in [6, 6.07) is 16.0. The van der Waals surface area contributed by atoms with Crippen LogP contribution < -0.4 is 5.32 Å². The maximum absolute atomic E-state index is 13.2. The Balaban J connectivity index is 1.48. The van der Waals surface area contributed by atoms with Gasteiger partial charge in [0.1, 0.15) is 9.90 Å². The monoisotopic (exact) mass is 543 g/mol. The molecule has 1 aromatic heterocycles. The lowest BCUT2D eigenvalue weighted by Gasteiger charge is -2.30. The normalized spacial score (nSPS) is 15.6. The van der Waals surface area contributed by atoms with E-state index in [0.717, 1.165) is 11.3 Å². The number of anilines is 1. The third kappa shape index (κ3) is 6.04. The van der Waals surface area contributed by atoms with Gasteiger partial charge in [-0.1, -0.05) is 42.5 Å². The summed E-state index contributed by atoms with van der Waals surface area (Å²) in [5.74, 6) is -1.96.